The van der Waals surface area contributed by atoms with Crippen molar-refractivity contribution >= 4 is 5.69 Å². The Labute approximate surface area is 112 Å². The maximum absolute atomic E-state index is 13.6. The van der Waals surface area contributed by atoms with Crippen LogP contribution in [0.5, 0.6) is 0 Å². The Morgan fingerprint density at radius 1 is 1.11 bits per heavy atom. The molecule has 1 rings (SSSR count). The van der Waals surface area contributed by atoms with Crippen LogP contribution < -0.4 is 4.90 Å². The fourth-order valence-electron chi connectivity index (χ4n) is 1.80. The summed E-state index contributed by atoms with van der Waals surface area (Å²) in [6, 6.07) is 3.74. The van der Waals surface area contributed by atoms with E-state index in [9.17, 15) is 4.39 Å². The molecule has 0 heterocycles. The summed E-state index contributed by atoms with van der Waals surface area (Å²) in [5.74, 6) is -0.0926. The van der Waals surface area contributed by atoms with E-state index in [1.165, 1.54) is 6.42 Å². The van der Waals surface area contributed by atoms with Gasteiger partial charge in [-0.25, -0.2) is 4.39 Å². The van der Waals surface area contributed by atoms with Gasteiger partial charge in [-0.3, -0.25) is 0 Å². The van der Waals surface area contributed by atoms with E-state index in [2.05, 4.69) is 24.8 Å². The first-order valence-electron chi connectivity index (χ1n) is 7.11. The van der Waals surface area contributed by atoms with Gasteiger partial charge in [0.05, 0.1) is 0 Å². The first kappa shape index (κ1) is 16.9. The van der Waals surface area contributed by atoms with Crippen LogP contribution in [0.2, 0.25) is 0 Å². The van der Waals surface area contributed by atoms with Gasteiger partial charge < -0.3 is 4.90 Å². The molecular formula is C16H28FN. The van der Waals surface area contributed by atoms with Crippen LogP contribution in [0.15, 0.2) is 12.1 Å². The summed E-state index contributed by atoms with van der Waals surface area (Å²) in [5.41, 5.74) is 2.80. The molecule has 0 atom stereocenters. The van der Waals surface area contributed by atoms with Crippen LogP contribution >= 0.6 is 0 Å². The second-order valence-corrected chi connectivity index (χ2v) is 4.30. The maximum Gasteiger partial charge on any atom is 0.128 e. The second-order valence-electron chi connectivity index (χ2n) is 4.30. The average Bonchev–Trinajstić information content (AvgIpc) is 2.39. The molecule has 0 spiro atoms. The van der Waals surface area contributed by atoms with Crippen molar-refractivity contribution in [3.63, 3.8) is 0 Å². The molecular weight excluding hydrogens is 225 g/mol. The highest BCUT2D eigenvalue weighted by molar-refractivity contribution is 5.51. The van der Waals surface area contributed by atoms with Gasteiger partial charge in [-0.2, -0.15) is 0 Å². The number of unbranched alkanes of at least 4 members (excludes halogenated alkanes) is 1. The zero-order valence-electron chi connectivity index (χ0n) is 12.8. The van der Waals surface area contributed by atoms with Gasteiger partial charge in [0.2, 0.25) is 0 Å². The van der Waals surface area contributed by atoms with Gasteiger partial charge in [0.1, 0.15) is 5.82 Å². The SMILES string of the molecule is CC.CCCCN(CC)c1cc(C)c(C)c(F)c1. The van der Waals surface area contributed by atoms with Crippen molar-refractivity contribution in [3.05, 3.63) is 29.1 Å². The largest absolute Gasteiger partial charge is 0.372 e. The van der Waals surface area contributed by atoms with Crippen molar-refractivity contribution in [1.29, 1.82) is 0 Å². The van der Waals surface area contributed by atoms with Gasteiger partial charge >= 0.3 is 0 Å². The van der Waals surface area contributed by atoms with E-state index in [1.54, 1.807) is 6.07 Å². The molecule has 1 aromatic carbocycles. The summed E-state index contributed by atoms with van der Waals surface area (Å²) in [4.78, 5) is 2.24. The fourth-order valence-corrected chi connectivity index (χ4v) is 1.80. The van der Waals surface area contributed by atoms with Crippen LogP contribution in [0.25, 0.3) is 0 Å². The van der Waals surface area contributed by atoms with Crippen molar-refractivity contribution < 1.29 is 4.39 Å². The van der Waals surface area contributed by atoms with E-state index in [1.807, 2.05) is 27.7 Å². The van der Waals surface area contributed by atoms with Crippen molar-refractivity contribution in [2.75, 3.05) is 18.0 Å². The zero-order valence-corrected chi connectivity index (χ0v) is 12.8. The van der Waals surface area contributed by atoms with Crippen LogP contribution in [0.4, 0.5) is 10.1 Å². The smallest absolute Gasteiger partial charge is 0.128 e. The number of rotatable bonds is 5. The summed E-state index contributed by atoms with van der Waals surface area (Å²) < 4.78 is 13.6. The van der Waals surface area contributed by atoms with Gasteiger partial charge in [-0.15, -0.1) is 0 Å². The average molecular weight is 253 g/mol. The summed E-state index contributed by atoms with van der Waals surface area (Å²) >= 11 is 0. The molecule has 0 fully saturated rings. The molecule has 0 aliphatic rings. The number of aryl methyl sites for hydroxylation is 1. The van der Waals surface area contributed by atoms with E-state index in [-0.39, 0.29) is 5.82 Å². The minimum Gasteiger partial charge on any atom is -0.372 e. The van der Waals surface area contributed by atoms with Gasteiger partial charge in [0.25, 0.3) is 0 Å². The number of nitrogens with zero attached hydrogens (tertiary/aromatic N) is 1. The van der Waals surface area contributed by atoms with Gasteiger partial charge in [-0.05, 0) is 50.5 Å². The number of anilines is 1. The number of halogens is 1. The highest BCUT2D eigenvalue weighted by Gasteiger charge is 2.08. The van der Waals surface area contributed by atoms with Gasteiger partial charge in [0.15, 0.2) is 0 Å². The Morgan fingerprint density at radius 2 is 1.72 bits per heavy atom. The third-order valence-corrected chi connectivity index (χ3v) is 3.12. The molecule has 0 saturated carbocycles. The molecule has 0 radical (unpaired) electrons. The summed E-state index contributed by atoms with van der Waals surface area (Å²) in [7, 11) is 0. The molecule has 1 nitrogen and oxygen atoms in total. The number of hydrogen-bond donors (Lipinski definition) is 0. The molecule has 0 aromatic heterocycles. The zero-order chi connectivity index (χ0) is 14.1. The molecule has 0 bridgehead atoms. The predicted molar refractivity (Wildman–Crippen MR) is 80.0 cm³/mol. The molecule has 0 saturated heterocycles. The van der Waals surface area contributed by atoms with Crippen LogP contribution in [0.3, 0.4) is 0 Å². The number of hydrogen-bond acceptors (Lipinski definition) is 1. The molecule has 0 aliphatic heterocycles. The monoisotopic (exact) mass is 253 g/mol. The number of benzene rings is 1. The van der Waals surface area contributed by atoms with E-state index < -0.39 is 0 Å². The van der Waals surface area contributed by atoms with Crippen molar-refractivity contribution in [2.24, 2.45) is 0 Å². The highest BCUT2D eigenvalue weighted by Crippen LogP contribution is 2.22. The summed E-state index contributed by atoms with van der Waals surface area (Å²) in [6.07, 6.45) is 2.33. The maximum atomic E-state index is 13.6. The van der Waals surface area contributed by atoms with Crippen molar-refractivity contribution in [3.8, 4) is 0 Å². The molecule has 18 heavy (non-hydrogen) atoms. The predicted octanol–water partition coefficient (Wildman–Crippen LogP) is 5.10. The van der Waals surface area contributed by atoms with Crippen molar-refractivity contribution in [2.45, 2.75) is 54.4 Å². The molecule has 0 amide bonds. The molecule has 0 aliphatic carbocycles. The van der Waals surface area contributed by atoms with E-state index in [0.717, 1.165) is 36.3 Å². The lowest BCUT2D eigenvalue weighted by molar-refractivity contribution is 0.615. The third kappa shape index (κ3) is 4.67. The van der Waals surface area contributed by atoms with Crippen LogP contribution in [0.1, 0.15) is 51.7 Å². The normalized spacial score (nSPS) is 9.72. The lowest BCUT2D eigenvalue weighted by atomic mass is 10.1. The molecule has 104 valence electrons. The quantitative estimate of drug-likeness (QED) is 0.706. The minimum absolute atomic E-state index is 0.0926. The first-order valence-corrected chi connectivity index (χ1v) is 7.11. The molecule has 2 heteroatoms. The lowest BCUT2D eigenvalue weighted by Crippen LogP contribution is -2.24. The first-order chi connectivity index (χ1) is 8.60. The van der Waals surface area contributed by atoms with Crippen LogP contribution in [-0.2, 0) is 0 Å². The standard InChI is InChI=1S/C14H22FN.C2H6/c1-5-7-8-16(6-2)13-9-11(3)12(4)14(15)10-13;1-2/h9-10H,5-8H2,1-4H3;1-2H3. The Bertz CT molecular complexity index is 324. The highest BCUT2D eigenvalue weighted by atomic mass is 19.1. The Morgan fingerprint density at radius 3 is 2.17 bits per heavy atom. The van der Waals surface area contributed by atoms with E-state index in [4.69, 9.17) is 0 Å². The van der Waals surface area contributed by atoms with E-state index >= 15 is 0 Å². The molecule has 0 unspecified atom stereocenters. The topological polar surface area (TPSA) is 3.24 Å². The Balaban J connectivity index is 0.00000137. The van der Waals surface area contributed by atoms with Crippen LogP contribution in [0, 0.1) is 19.7 Å². The fraction of sp³-hybridized carbons (Fsp3) is 0.625. The molecule has 0 N–H and O–H groups in total. The Kier molecular flexibility index (Phi) is 8.43. The van der Waals surface area contributed by atoms with Gasteiger partial charge in [0, 0.05) is 18.8 Å². The van der Waals surface area contributed by atoms with Crippen molar-refractivity contribution in [1.82, 2.24) is 0 Å². The van der Waals surface area contributed by atoms with E-state index in [0.29, 0.717) is 0 Å². The third-order valence-electron chi connectivity index (χ3n) is 3.12. The minimum atomic E-state index is -0.0926. The summed E-state index contributed by atoms with van der Waals surface area (Å²) in [5, 5.41) is 0. The van der Waals surface area contributed by atoms with Gasteiger partial charge in [-0.1, -0.05) is 27.2 Å². The lowest BCUT2D eigenvalue weighted by Gasteiger charge is -2.24. The Hall–Kier alpha value is -1.05. The van der Waals surface area contributed by atoms with Crippen LogP contribution in [-0.4, -0.2) is 13.1 Å². The second kappa shape index (κ2) is 8.96. The summed E-state index contributed by atoms with van der Waals surface area (Å²) in [6.45, 7) is 14.0. The molecule has 1 aromatic rings.